The molecule has 3 rings (SSSR count). The van der Waals surface area contributed by atoms with Crippen LogP contribution in [0.5, 0.6) is 0 Å². The molecule has 1 N–H and O–H groups in total. The van der Waals surface area contributed by atoms with Crippen molar-refractivity contribution in [1.82, 2.24) is 15.2 Å². The summed E-state index contributed by atoms with van der Waals surface area (Å²) in [6.07, 6.45) is 11.8. The molecule has 1 aliphatic carbocycles. The van der Waals surface area contributed by atoms with Crippen molar-refractivity contribution in [3.05, 3.63) is 29.6 Å². The van der Waals surface area contributed by atoms with Crippen molar-refractivity contribution in [2.24, 2.45) is 0 Å². The maximum absolute atomic E-state index is 12.6. The zero-order chi connectivity index (χ0) is 16.8. The predicted octanol–water partition coefficient (Wildman–Crippen LogP) is 3.16. The van der Waals surface area contributed by atoms with Crippen LogP contribution in [0.3, 0.4) is 0 Å². The summed E-state index contributed by atoms with van der Waals surface area (Å²) in [6.45, 7) is 1.62. The van der Waals surface area contributed by atoms with Gasteiger partial charge in [-0.25, -0.2) is 0 Å². The summed E-state index contributed by atoms with van der Waals surface area (Å²) in [5, 5.41) is 3.09. The van der Waals surface area contributed by atoms with Crippen molar-refractivity contribution in [1.29, 1.82) is 0 Å². The molecule has 2 heterocycles. The van der Waals surface area contributed by atoms with Crippen molar-refractivity contribution < 1.29 is 9.59 Å². The van der Waals surface area contributed by atoms with E-state index >= 15 is 0 Å². The zero-order valence-electron chi connectivity index (χ0n) is 14.3. The summed E-state index contributed by atoms with van der Waals surface area (Å²) in [4.78, 5) is 31.1. The molecule has 1 saturated carbocycles. The van der Waals surface area contributed by atoms with Crippen LogP contribution in [0.25, 0.3) is 0 Å². The number of aromatic nitrogens is 1. The minimum absolute atomic E-state index is 0.0145. The van der Waals surface area contributed by atoms with Crippen LogP contribution in [0, 0.1) is 0 Å². The molecule has 0 atom stereocenters. The van der Waals surface area contributed by atoms with Crippen molar-refractivity contribution in [2.45, 2.75) is 63.8 Å². The van der Waals surface area contributed by atoms with E-state index in [4.69, 9.17) is 0 Å². The zero-order valence-corrected chi connectivity index (χ0v) is 14.3. The number of hydrogen-bond acceptors (Lipinski definition) is 3. The summed E-state index contributed by atoms with van der Waals surface area (Å²) in [5.74, 6) is -0.143. The van der Waals surface area contributed by atoms with E-state index in [1.807, 2.05) is 4.90 Å². The number of rotatable bonds is 3. The first-order chi connectivity index (χ1) is 11.7. The fourth-order valence-electron chi connectivity index (χ4n) is 3.65. The highest BCUT2D eigenvalue weighted by Crippen LogP contribution is 2.18. The Morgan fingerprint density at radius 2 is 1.67 bits per heavy atom. The van der Waals surface area contributed by atoms with E-state index < -0.39 is 0 Å². The first kappa shape index (κ1) is 16.9. The van der Waals surface area contributed by atoms with Crippen LogP contribution in [0.1, 0.15) is 78.6 Å². The number of likely N-dealkylation sites (tertiary alicyclic amines) is 1. The van der Waals surface area contributed by atoms with Gasteiger partial charge in [0.2, 0.25) is 0 Å². The Hall–Kier alpha value is -1.91. The molecule has 0 aromatic carbocycles. The Bertz CT molecular complexity index is 574. The smallest absolute Gasteiger partial charge is 0.270 e. The minimum Gasteiger partial charge on any atom is -0.348 e. The van der Waals surface area contributed by atoms with Crippen LogP contribution < -0.4 is 5.32 Å². The summed E-state index contributed by atoms with van der Waals surface area (Å²) in [5.41, 5.74) is 0.917. The van der Waals surface area contributed by atoms with Crippen molar-refractivity contribution in [3.63, 3.8) is 0 Å². The largest absolute Gasteiger partial charge is 0.348 e. The van der Waals surface area contributed by atoms with Crippen molar-refractivity contribution in [3.8, 4) is 0 Å². The molecule has 0 bridgehead atoms. The Balaban J connectivity index is 1.65. The fourth-order valence-corrected chi connectivity index (χ4v) is 3.65. The third-order valence-corrected chi connectivity index (χ3v) is 5.07. The molecular weight excluding hydrogens is 302 g/mol. The molecule has 24 heavy (non-hydrogen) atoms. The minimum atomic E-state index is -0.157. The standard InChI is InChI=1S/C19H27N3O2/c23-18(21-16-8-4-1-2-5-9-16)17-14-15(10-11-20-17)19(24)22-12-6-3-7-13-22/h10-11,14,16H,1-9,12-13H2,(H,21,23). The molecule has 5 nitrogen and oxygen atoms in total. The highest BCUT2D eigenvalue weighted by atomic mass is 16.2. The lowest BCUT2D eigenvalue weighted by Crippen LogP contribution is -2.36. The van der Waals surface area contributed by atoms with E-state index in [1.54, 1.807) is 18.3 Å². The van der Waals surface area contributed by atoms with Gasteiger partial charge in [-0.1, -0.05) is 25.7 Å². The predicted molar refractivity (Wildman–Crippen MR) is 92.9 cm³/mol. The van der Waals surface area contributed by atoms with E-state index in [0.29, 0.717) is 11.3 Å². The highest BCUT2D eigenvalue weighted by molar-refractivity contribution is 5.98. The van der Waals surface area contributed by atoms with Crippen LogP contribution in [0.4, 0.5) is 0 Å². The second-order valence-corrected chi connectivity index (χ2v) is 6.94. The molecule has 0 spiro atoms. The third-order valence-electron chi connectivity index (χ3n) is 5.07. The molecule has 2 fully saturated rings. The van der Waals surface area contributed by atoms with E-state index in [2.05, 4.69) is 10.3 Å². The Labute approximate surface area is 143 Å². The molecule has 1 aromatic heterocycles. The maximum atomic E-state index is 12.6. The van der Waals surface area contributed by atoms with Crippen molar-refractivity contribution >= 4 is 11.8 Å². The van der Waals surface area contributed by atoms with Gasteiger partial charge < -0.3 is 10.2 Å². The van der Waals surface area contributed by atoms with E-state index in [-0.39, 0.29) is 17.9 Å². The topological polar surface area (TPSA) is 62.3 Å². The SMILES string of the molecule is O=C(NC1CCCCCC1)c1cc(C(=O)N2CCCCC2)ccn1. The Morgan fingerprint density at radius 3 is 2.38 bits per heavy atom. The molecule has 0 unspecified atom stereocenters. The first-order valence-corrected chi connectivity index (χ1v) is 9.30. The summed E-state index contributed by atoms with van der Waals surface area (Å²) < 4.78 is 0. The van der Waals surface area contributed by atoms with Crippen LogP contribution in [0.2, 0.25) is 0 Å². The monoisotopic (exact) mass is 329 g/mol. The number of nitrogens with one attached hydrogen (secondary N) is 1. The van der Waals surface area contributed by atoms with Gasteiger partial charge in [-0.05, 0) is 44.2 Å². The number of piperidine rings is 1. The van der Waals surface area contributed by atoms with Crippen molar-refractivity contribution in [2.75, 3.05) is 13.1 Å². The number of amides is 2. The quantitative estimate of drug-likeness (QED) is 0.867. The lowest BCUT2D eigenvalue weighted by Gasteiger charge is -2.26. The molecule has 0 radical (unpaired) electrons. The van der Waals surface area contributed by atoms with Gasteiger partial charge in [0.1, 0.15) is 5.69 Å². The normalized spacial score (nSPS) is 19.6. The summed E-state index contributed by atoms with van der Waals surface area (Å²) in [7, 11) is 0. The number of carbonyl (C=O) groups is 2. The van der Waals surface area contributed by atoms with E-state index in [0.717, 1.165) is 38.8 Å². The van der Waals surface area contributed by atoms with Gasteiger partial charge >= 0.3 is 0 Å². The molecule has 2 amide bonds. The number of carbonyl (C=O) groups excluding carboxylic acids is 2. The molecule has 2 aliphatic rings. The average Bonchev–Trinajstić information content (AvgIpc) is 2.90. The van der Waals surface area contributed by atoms with Gasteiger partial charge in [0.25, 0.3) is 11.8 Å². The fraction of sp³-hybridized carbons (Fsp3) is 0.632. The van der Waals surface area contributed by atoms with Gasteiger partial charge in [-0.15, -0.1) is 0 Å². The van der Waals surface area contributed by atoms with Gasteiger partial charge in [-0.2, -0.15) is 0 Å². The molecule has 1 aromatic rings. The number of pyridine rings is 1. The van der Waals surface area contributed by atoms with Gasteiger partial charge in [0.05, 0.1) is 0 Å². The van der Waals surface area contributed by atoms with Crippen LogP contribution in [-0.4, -0.2) is 40.8 Å². The maximum Gasteiger partial charge on any atom is 0.270 e. The molecule has 5 heteroatoms. The molecule has 1 saturated heterocycles. The Morgan fingerprint density at radius 1 is 1.00 bits per heavy atom. The van der Waals surface area contributed by atoms with E-state index in [1.165, 1.54) is 32.1 Å². The van der Waals surface area contributed by atoms with Crippen LogP contribution in [0.15, 0.2) is 18.3 Å². The first-order valence-electron chi connectivity index (χ1n) is 9.30. The van der Waals surface area contributed by atoms with Gasteiger partial charge in [-0.3, -0.25) is 14.6 Å². The van der Waals surface area contributed by atoms with Crippen LogP contribution >= 0.6 is 0 Å². The molecule has 1 aliphatic heterocycles. The lowest BCUT2D eigenvalue weighted by atomic mass is 10.1. The lowest BCUT2D eigenvalue weighted by molar-refractivity contribution is 0.0724. The van der Waals surface area contributed by atoms with Crippen LogP contribution in [-0.2, 0) is 0 Å². The summed E-state index contributed by atoms with van der Waals surface area (Å²) >= 11 is 0. The molecular formula is C19H27N3O2. The van der Waals surface area contributed by atoms with Gasteiger partial charge in [0.15, 0.2) is 0 Å². The Kier molecular flexibility index (Phi) is 5.83. The summed E-state index contributed by atoms with van der Waals surface area (Å²) in [6, 6.07) is 3.59. The third kappa shape index (κ3) is 4.34. The molecule has 130 valence electrons. The second-order valence-electron chi connectivity index (χ2n) is 6.94. The second kappa shape index (κ2) is 8.27. The number of hydrogen-bond donors (Lipinski definition) is 1. The van der Waals surface area contributed by atoms with E-state index in [9.17, 15) is 9.59 Å². The van der Waals surface area contributed by atoms with Gasteiger partial charge in [0, 0.05) is 30.9 Å². The average molecular weight is 329 g/mol. The highest BCUT2D eigenvalue weighted by Gasteiger charge is 2.21. The number of nitrogens with zero attached hydrogens (tertiary/aromatic N) is 2.